The van der Waals surface area contributed by atoms with Crippen molar-refractivity contribution in [1.29, 1.82) is 0 Å². The Labute approximate surface area is 125 Å². The first-order valence-electron chi connectivity index (χ1n) is 8.05. The number of unbranched alkanes of at least 4 members (excludes halogenated alkanes) is 3. The van der Waals surface area contributed by atoms with E-state index in [2.05, 4.69) is 36.0 Å². The van der Waals surface area contributed by atoms with Crippen molar-refractivity contribution in [1.82, 2.24) is 15.5 Å². The van der Waals surface area contributed by atoms with Gasteiger partial charge in [0.1, 0.15) is 0 Å². The predicted octanol–water partition coefficient (Wildman–Crippen LogP) is 2.17. The van der Waals surface area contributed by atoms with Crippen molar-refractivity contribution in [3.05, 3.63) is 12.7 Å². The number of carbonyl (C=O) groups excluding carboxylic acids is 1. The van der Waals surface area contributed by atoms with Gasteiger partial charge in [0.2, 0.25) is 5.91 Å². The summed E-state index contributed by atoms with van der Waals surface area (Å²) in [7, 11) is 0. The van der Waals surface area contributed by atoms with E-state index < -0.39 is 0 Å². The summed E-state index contributed by atoms with van der Waals surface area (Å²) in [5.74, 6) is 0.175. The summed E-state index contributed by atoms with van der Waals surface area (Å²) in [6, 6.07) is 0. The summed E-state index contributed by atoms with van der Waals surface area (Å²) in [5.41, 5.74) is 0. The number of nitrogens with one attached hydrogen (secondary N) is 2. The van der Waals surface area contributed by atoms with Crippen molar-refractivity contribution in [3.63, 3.8) is 0 Å². The Morgan fingerprint density at radius 2 is 1.85 bits per heavy atom. The number of carbonyl (C=O) groups is 1. The molecule has 0 aliphatic carbocycles. The Morgan fingerprint density at radius 3 is 2.50 bits per heavy atom. The zero-order valence-electron chi connectivity index (χ0n) is 13.4. The van der Waals surface area contributed by atoms with Crippen molar-refractivity contribution in [2.75, 3.05) is 39.3 Å². The van der Waals surface area contributed by atoms with E-state index in [-0.39, 0.29) is 5.91 Å². The van der Waals surface area contributed by atoms with E-state index in [0.717, 1.165) is 65.0 Å². The van der Waals surface area contributed by atoms with Crippen LogP contribution in [0.5, 0.6) is 0 Å². The van der Waals surface area contributed by atoms with Gasteiger partial charge >= 0.3 is 0 Å². The van der Waals surface area contributed by atoms with Crippen LogP contribution in [0.25, 0.3) is 0 Å². The van der Waals surface area contributed by atoms with Gasteiger partial charge < -0.3 is 15.5 Å². The minimum Gasteiger partial charge on any atom is -0.355 e. The smallest absolute Gasteiger partial charge is 0.220 e. The Kier molecular flexibility index (Phi) is 13.9. The molecule has 0 saturated heterocycles. The predicted molar refractivity (Wildman–Crippen MR) is 86.9 cm³/mol. The van der Waals surface area contributed by atoms with Crippen molar-refractivity contribution in [2.45, 2.75) is 46.0 Å². The molecule has 0 atom stereocenters. The highest BCUT2D eigenvalue weighted by molar-refractivity contribution is 5.75. The molecule has 0 rings (SSSR count). The van der Waals surface area contributed by atoms with Crippen LogP contribution in [-0.4, -0.2) is 50.1 Å². The molecule has 1 amide bonds. The van der Waals surface area contributed by atoms with Crippen LogP contribution in [0.4, 0.5) is 0 Å². The second-order valence-corrected chi connectivity index (χ2v) is 5.01. The van der Waals surface area contributed by atoms with Crippen LogP contribution in [0, 0.1) is 0 Å². The molecule has 0 aliphatic heterocycles. The molecule has 0 saturated carbocycles. The third-order valence-electron chi connectivity index (χ3n) is 3.44. The van der Waals surface area contributed by atoms with Crippen LogP contribution in [0.1, 0.15) is 46.0 Å². The third kappa shape index (κ3) is 12.2. The second kappa shape index (κ2) is 14.5. The molecule has 0 bridgehead atoms. The van der Waals surface area contributed by atoms with Gasteiger partial charge in [0.25, 0.3) is 0 Å². The molecule has 0 aromatic carbocycles. The zero-order valence-corrected chi connectivity index (χ0v) is 13.4. The average molecular weight is 283 g/mol. The molecular formula is C16H33N3O. The van der Waals surface area contributed by atoms with Crippen LogP contribution in [0.3, 0.4) is 0 Å². The monoisotopic (exact) mass is 283 g/mol. The molecule has 0 spiro atoms. The van der Waals surface area contributed by atoms with Gasteiger partial charge in [-0.25, -0.2) is 0 Å². The molecule has 2 N–H and O–H groups in total. The summed E-state index contributed by atoms with van der Waals surface area (Å²) in [5, 5.41) is 6.31. The Morgan fingerprint density at radius 1 is 1.10 bits per heavy atom. The van der Waals surface area contributed by atoms with Crippen molar-refractivity contribution >= 4 is 5.91 Å². The number of hydrogen-bond donors (Lipinski definition) is 2. The maximum Gasteiger partial charge on any atom is 0.220 e. The molecule has 0 fully saturated rings. The van der Waals surface area contributed by atoms with Gasteiger partial charge in [-0.1, -0.05) is 26.3 Å². The lowest BCUT2D eigenvalue weighted by Gasteiger charge is -2.18. The molecule has 0 unspecified atom stereocenters. The van der Waals surface area contributed by atoms with Crippen LogP contribution in [0.15, 0.2) is 12.7 Å². The molecule has 0 aliphatic rings. The van der Waals surface area contributed by atoms with Crippen molar-refractivity contribution in [3.8, 4) is 0 Å². The van der Waals surface area contributed by atoms with E-state index in [1.807, 2.05) is 6.08 Å². The quantitative estimate of drug-likeness (QED) is 0.379. The topological polar surface area (TPSA) is 44.4 Å². The number of nitrogens with zero attached hydrogens (tertiary/aromatic N) is 1. The van der Waals surface area contributed by atoms with Gasteiger partial charge in [0, 0.05) is 32.6 Å². The van der Waals surface area contributed by atoms with E-state index in [1.165, 1.54) is 0 Å². The first kappa shape index (κ1) is 19.1. The normalized spacial score (nSPS) is 10.8. The highest BCUT2D eigenvalue weighted by Crippen LogP contribution is 2.02. The fraction of sp³-hybridized carbons (Fsp3) is 0.812. The Balaban J connectivity index is 3.28. The number of allylic oxidation sites excluding steroid dienone is 1. The standard InChI is InChI=1S/C16H33N3O/c1-4-7-8-9-10-11-16(20)18-13-12-17-14-15-19(5-2)6-3/h4,17H,1,5-15H2,2-3H3,(H,18,20). The van der Waals surface area contributed by atoms with Gasteiger partial charge in [-0.15, -0.1) is 6.58 Å². The van der Waals surface area contributed by atoms with Crippen molar-refractivity contribution < 1.29 is 4.79 Å². The largest absolute Gasteiger partial charge is 0.355 e. The van der Waals surface area contributed by atoms with Crippen LogP contribution in [0.2, 0.25) is 0 Å². The molecule has 118 valence electrons. The average Bonchev–Trinajstić information content (AvgIpc) is 2.46. The van der Waals surface area contributed by atoms with E-state index in [0.29, 0.717) is 6.42 Å². The Bertz CT molecular complexity index is 240. The third-order valence-corrected chi connectivity index (χ3v) is 3.44. The summed E-state index contributed by atoms with van der Waals surface area (Å²) in [6.45, 7) is 13.9. The molecule has 4 heteroatoms. The summed E-state index contributed by atoms with van der Waals surface area (Å²) in [6.07, 6.45) is 6.87. The SMILES string of the molecule is C=CCCCCCC(=O)NCCNCCN(CC)CC. The van der Waals surface area contributed by atoms with E-state index in [1.54, 1.807) is 0 Å². The first-order valence-corrected chi connectivity index (χ1v) is 8.05. The molecule has 0 aromatic heterocycles. The van der Waals surface area contributed by atoms with Gasteiger partial charge in [-0.05, 0) is 32.4 Å². The second-order valence-electron chi connectivity index (χ2n) is 5.01. The summed E-state index contributed by atoms with van der Waals surface area (Å²) < 4.78 is 0. The molecule has 0 heterocycles. The van der Waals surface area contributed by atoms with E-state index in [4.69, 9.17) is 0 Å². The van der Waals surface area contributed by atoms with Crippen LogP contribution >= 0.6 is 0 Å². The lowest BCUT2D eigenvalue weighted by Crippen LogP contribution is -2.36. The van der Waals surface area contributed by atoms with Gasteiger partial charge in [-0.3, -0.25) is 4.79 Å². The number of rotatable bonds is 14. The fourth-order valence-corrected chi connectivity index (χ4v) is 2.03. The molecule has 20 heavy (non-hydrogen) atoms. The lowest BCUT2D eigenvalue weighted by atomic mass is 10.1. The highest BCUT2D eigenvalue weighted by atomic mass is 16.1. The molecule has 0 radical (unpaired) electrons. The molecular weight excluding hydrogens is 250 g/mol. The van der Waals surface area contributed by atoms with Crippen LogP contribution in [-0.2, 0) is 4.79 Å². The van der Waals surface area contributed by atoms with Gasteiger partial charge in [0.05, 0.1) is 0 Å². The number of hydrogen-bond acceptors (Lipinski definition) is 3. The van der Waals surface area contributed by atoms with E-state index in [9.17, 15) is 4.79 Å². The summed E-state index contributed by atoms with van der Waals surface area (Å²) >= 11 is 0. The number of likely N-dealkylation sites (N-methyl/N-ethyl adjacent to an activating group) is 1. The van der Waals surface area contributed by atoms with E-state index >= 15 is 0 Å². The first-order chi connectivity index (χ1) is 9.74. The van der Waals surface area contributed by atoms with Crippen LogP contribution < -0.4 is 10.6 Å². The zero-order chi connectivity index (χ0) is 15.1. The van der Waals surface area contributed by atoms with Gasteiger partial charge in [-0.2, -0.15) is 0 Å². The molecule has 4 nitrogen and oxygen atoms in total. The lowest BCUT2D eigenvalue weighted by molar-refractivity contribution is -0.121. The fourth-order valence-electron chi connectivity index (χ4n) is 2.03. The number of amides is 1. The maximum absolute atomic E-state index is 11.5. The maximum atomic E-state index is 11.5. The summed E-state index contributed by atoms with van der Waals surface area (Å²) in [4.78, 5) is 13.9. The minimum absolute atomic E-state index is 0.175. The molecule has 0 aromatic rings. The minimum atomic E-state index is 0.175. The van der Waals surface area contributed by atoms with Gasteiger partial charge in [0.15, 0.2) is 0 Å². The highest BCUT2D eigenvalue weighted by Gasteiger charge is 2.00. The van der Waals surface area contributed by atoms with Crippen molar-refractivity contribution in [2.24, 2.45) is 0 Å². The Hall–Kier alpha value is -0.870.